The van der Waals surface area contributed by atoms with E-state index in [2.05, 4.69) is 26.2 Å². The van der Waals surface area contributed by atoms with Crippen LogP contribution in [0, 0.1) is 11.3 Å². The first-order valence-electron chi connectivity index (χ1n) is 9.61. The van der Waals surface area contributed by atoms with Gasteiger partial charge in [0.15, 0.2) is 5.66 Å². The van der Waals surface area contributed by atoms with Crippen molar-refractivity contribution in [1.29, 1.82) is 5.26 Å². The molecule has 2 atom stereocenters. The summed E-state index contributed by atoms with van der Waals surface area (Å²) in [4.78, 5) is 14.0. The van der Waals surface area contributed by atoms with Gasteiger partial charge in [-0.3, -0.25) is 4.90 Å². The molecule has 28 heavy (non-hydrogen) atoms. The lowest BCUT2D eigenvalue weighted by molar-refractivity contribution is -0.0108. The summed E-state index contributed by atoms with van der Waals surface area (Å²) in [7, 11) is 0. The van der Waals surface area contributed by atoms with Crippen molar-refractivity contribution >= 4 is 12.2 Å². The van der Waals surface area contributed by atoms with E-state index in [4.69, 9.17) is 20.2 Å². The number of nitriles is 1. The third kappa shape index (κ3) is 2.49. The van der Waals surface area contributed by atoms with Gasteiger partial charge >= 0.3 is 0 Å². The predicted molar refractivity (Wildman–Crippen MR) is 102 cm³/mol. The highest BCUT2D eigenvalue weighted by Crippen LogP contribution is 2.48. The number of nitrogens with one attached hydrogen (secondary N) is 1. The maximum Gasteiger partial charge on any atom is 0.169 e. The molecule has 2 fully saturated rings. The normalized spacial score (nSPS) is 29.8. The summed E-state index contributed by atoms with van der Waals surface area (Å²) in [5.74, 6) is 1.41. The number of nitrogens with zero attached hydrogens (tertiary/aromatic N) is 5. The lowest BCUT2D eigenvalue weighted by atomic mass is 9.85. The SMILES string of the molecule is N#Cc1cc(N)ncc1[C@@]1(N2CCOCC2)N=CNC2=C1CC1COCCN21. The monoisotopic (exact) mass is 381 g/mol. The molecule has 5 heterocycles. The Hall–Kier alpha value is -2.67. The molecule has 0 saturated carbocycles. The van der Waals surface area contributed by atoms with E-state index in [-0.39, 0.29) is 6.04 Å². The molecule has 9 nitrogen and oxygen atoms in total. The van der Waals surface area contributed by atoms with Crippen LogP contribution in [0.2, 0.25) is 0 Å². The highest BCUT2D eigenvalue weighted by Gasteiger charge is 2.51. The van der Waals surface area contributed by atoms with Gasteiger partial charge in [0.05, 0.1) is 50.4 Å². The van der Waals surface area contributed by atoms with Crippen molar-refractivity contribution < 1.29 is 9.47 Å². The Morgan fingerprint density at radius 1 is 1.25 bits per heavy atom. The lowest BCUT2D eigenvalue weighted by Crippen LogP contribution is -2.54. The van der Waals surface area contributed by atoms with Crippen LogP contribution in [0.3, 0.4) is 0 Å². The number of nitrogens with two attached hydrogens (primary N) is 1. The lowest BCUT2D eigenvalue weighted by Gasteiger charge is -2.45. The van der Waals surface area contributed by atoms with Gasteiger partial charge in [0, 0.05) is 37.0 Å². The number of fused-ring (bicyclic) bond motifs is 2. The van der Waals surface area contributed by atoms with Crippen molar-refractivity contribution in [1.82, 2.24) is 20.1 Å². The van der Waals surface area contributed by atoms with Gasteiger partial charge in [0.25, 0.3) is 0 Å². The summed E-state index contributed by atoms with van der Waals surface area (Å²) in [5.41, 5.74) is 7.53. The van der Waals surface area contributed by atoms with Crippen LogP contribution in [0.4, 0.5) is 5.82 Å². The van der Waals surface area contributed by atoms with Crippen LogP contribution in [0.25, 0.3) is 0 Å². The molecule has 9 heteroatoms. The zero-order chi connectivity index (χ0) is 19.1. The van der Waals surface area contributed by atoms with Gasteiger partial charge in [-0.2, -0.15) is 5.26 Å². The zero-order valence-corrected chi connectivity index (χ0v) is 15.6. The standard InChI is InChI=1S/C19H23N7O2/c20-9-13-7-17(21)22-10-16(13)19(25-1-4-27-5-2-25)15-8-14-11-28-6-3-26(14)18(15)23-12-24-19/h7,10,12,14H,1-6,8,11H2,(H2,21,22)(H,23,24)/t14?,19-/m1/s1. The number of anilines is 1. The molecular formula is C19H23N7O2. The first-order chi connectivity index (χ1) is 13.7. The van der Waals surface area contributed by atoms with Crippen molar-refractivity contribution in [2.45, 2.75) is 18.1 Å². The third-order valence-corrected chi connectivity index (χ3v) is 6.00. The Morgan fingerprint density at radius 2 is 2.07 bits per heavy atom. The van der Waals surface area contributed by atoms with Crippen LogP contribution < -0.4 is 11.1 Å². The number of ether oxygens (including phenoxy) is 2. The fourth-order valence-electron chi connectivity index (χ4n) is 4.77. The second kappa shape index (κ2) is 6.74. The number of hydrogen-bond donors (Lipinski definition) is 2. The van der Waals surface area contributed by atoms with Crippen molar-refractivity contribution in [3.8, 4) is 6.07 Å². The van der Waals surface area contributed by atoms with E-state index in [0.29, 0.717) is 37.8 Å². The summed E-state index contributed by atoms with van der Waals surface area (Å²) in [6, 6.07) is 4.23. The molecule has 0 bridgehead atoms. The fourth-order valence-corrected chi connectivity index (χ4v) is 4.77. The van der Waals surface area contributed by atoms with Crippen LogP contribution in [-0.4, -0.2) is 73.2 Å². The molecule has 0 aliphatic carbocycles. The molecule has 2 saturated heterocycles. The van der Waals surface area contributed by atoms with Gasteiger partial charge < -0.3 is 25.4 Å². The topological polar surface area (TPSA) is 112 Å². The van der Waals surface area contributed by atoms with Crippen molar-refractivity contribution in [3.63, 3.8) is 0 Å². The average Bonchev–Trinajstić information content (AvgIpc) is 3.13. The molecule has 1 aromatic rings. The molecular weight excluding hydrogens is 358 g/mol. The van der Waals surface area contributed by atoms with Gasteiger partial charge in [-0.15, -0.1) is 0 Å². The van der Waals surface area contributed by atoms with Gasteiger partial charge in [-0.05, 0) is 12.5 Å². The average molecular weight is 381 g/mol. The van der Waals surface area contributed by atoms with Crippen LogP contribution in [0.1, 0.15) is 17.5 Å². The number of pyridine rings is 1. The number of nitrogen functional groups attached to an aromatic ring is 1. The molecule has 1 aromatic heterocycles. The number of morpholine rings is 2. The molecule has 146 valence electrons. The van der Waals surface area contributed by atoms with Crippen LogP contribution >= 0.6 is 0 Å². The fraction of sp³-hybridized carbons (Fsp3) is 0.526. The van der Waals surface area contributed by atoms with Crippen LogP contribution in [0.5, 0.6) is 0 Å². The van der Waals surface area contributed by atoms with E-state index in [0.717, 1.165) is 43.0 Å². The third-order valence-electron chi connectivity index (χ3n) is 6.00. The highest BCUT2D eigenvalue weighted by molar-refractivity contribution is 5.65. The smallest absolute Gasteiger partial charge is 0.169 e. The summed E-state index contributed by atoms with van der Waals surface area (Å²) < 4.78 is 11.3. The minimum Gasteiger partial charge on any atom is -0.384 e. The van der Waals surface area contributed by atoms with Crippen molar-refractivity contribution in [3.05, 3.63) is 34.8 Å². The molecule has 0 radical (unpaired) electrons. The maximum absolute atomic E-state index is 9.84. The van der Waals surface area contributed by atoms with E-state index in [1.807, 2.05) is 0 Å². The van der Waals surface area contributed by atoms with E-state index in [9.17, 15) is 5.26 Å². The molecule has 3 N–H and O–H groups in total. The first-order valence-corrected chi connectivity index (χ1v) is 9.61. The van der Waals surface area contributed by atoms with Gasteiger partial charge in [-0.25, -0.2) is 9.98 Å². The summed E-state index contributed by atoms with van der Waals surface area (Å²) >= 11 is 0. The Bertz CT molecular complexity index is 887. The number of rotatable bonds is 2. The van der Waals surface area contributed by atoms with E-state index in [1.54, 1.807) is 18.6 Å². The molecule has 0 spiro atoms. The second-order valence-electron chi connectivity index (χ2n) is 7.39. The molecule has 1 unspecified atom stereocenters. The maximum atomic E-state index is 9.84. The Kier molecular flexibility index (Phi) is 4.19. The molecule has 4 aliphatic rings. The van der Waals surface area contributed by atoms with Crippen LogP contribution in [0.15, 0.2) is 28.6 Å². The van der Waals surface area contributed by atoms with Crippen LogP contribution in [-0.2, 0) is 15.1 Å². The Balaban J connectivity index is 1.70. The summed E-state index contributed by atoms with van der Waals surface area (Å²) in [5, 5.41) is 13.2. The molecule has 4 aliphatic heterocycles. The van der Waals surface area contributed by atoms with Crippen molar-refractivity contribution in [2.24, 2.45) is 4.99 Å². The zero-order valence-electron chi connectivity index (χ0n) is 15.6. The number of hydrogen-bond acceptors (Lipinski definition) is 9. The molecule has 0 amide bonds. The largest absolute Gasteiger partial charge is 0.384 e. The minimum absolute atomic E-state index is 0.278. The van der Waals surface area contributed by atoms with Gasteiger partial charge in [0.2, 0.25) is 0 Å². The Labute approximate surface area is 163 Å². The van der Waals surface area contributed by atoms with Crippen molar-refractivity contribution in [2.75, 3.05) is 51.8 Å². The van der Waals surface area contributed by atoms with E-state index in [1.165, 1.54) is 0 Å². The predicted octanol–water partition coefficient (Wildman–Crippen LogP) is -0.0319. The highest BCUT2D eigenvalue weighted by atomic mass is 16.5. The minimum atomic E-state index is -0.784. The molecule has 0 aromatic carbocycles. The number of aromatic nitrogens is 1. The van der Waals surface area contributed by atoms with E-state index >= 15 is 0 Å². The van der Waals surface area contributed by atoms with Gasteiger partial charge in [-0.1, -0.05) is 0 Å². The Morgan fingerprint density at radius 3 is 2.89 bits per heavy atom. The summed E-state index contributed by atoms with van der Waals surface area (Å²) in [6.45, 7) is 4.97. The van der Waals surface area contributed by atoms with Gasteiger partial charge in [0.1, 0.15) is 11.6 Å². The summed E-state index contributed by atoms with van der Waals surface area (Å²) in [6.07, 6.45) is 4.29. The molecule has 5 rings (SSSR count). The number of aliphatic imine (C=N–C) groups is 1. The first kappa shape index (κ1) is 17.4. The van der Waals surface area contributed by atoms with E-state index < -0.39 is 5.66 Å². The quantitative estimate of drug-likeness (QED) is 0.734. The second-order valence-corrected chi connectivity index (χ2v) is 7.39.